The van der Waals surface area contributed by atoms with E-state index in [0.29, 0.717) is 29.8 Å². The van der Waals surface area contributed by atoms with Crippen LogP contribution in [0, 0.1) is 5.92 Å². The Balaban J connectivity index is 1.33. The number of hydrogen-bond acceptors (Lipinski definition) is 3. The Bertz CT molecular complexity index is 596. The smallest absolute Gasteiger partial charge is 0.225 e. The van der Waals surface area contributed by atoms with E-state index in [0.717, 1.165) is 51.1 Å². The highest BCUT2D eigenvalue weighted by Crippen LogP contribution is 2.31. The molecule has 0 aromatic heterocycles. The van der Waals surface area contributed by atoms with Crippen LogP contribution in [0.4, 0.5) is 0 Å². The Hall–Kier alpha value is -1.59. The van der Waals surface area contributed by atoms with Gasteiger partial charge in [0.2, 0.25) is 11.8 Å². The summed E-state index contributed by atoms with van der Waals surface area (Å²) in [4.78, 5) is 28.2. The summed E-state index contributed by atoms with van der Waals surface area (Å²) in [7, 11) is 0. The van der Waals surface area contributed by atoms with E-state index in [-0.39, 0.29) is 5.91 Å². The molecule has 0 bridgehead atoms. The van der Waals surface area contributed by atoms with Crippen LogP contribution in [0.2, 0.25) is 5.02 Å². The maximum Gasteiger partial charge on any atom is 0.225 e. The third-order valence-electron chi connectivity index (χ3n) is 4.70. The zero-order chi connectivity index (χ0) is 16.9. The molecular formula is C18H24ClN3O2. The van der Waals surface area contributed by atoms with Crippen molar-refractivity contribution in [2.45, 2.75) is 25.8 Å². The number of piperazine rings is 1. The molecule has 1 aliphatic carbocycles. The standard InChI is InChI=1S/C18H24ClN3O2/c19-16-4-2-1-3-15(16)13-20-17(23)7-8-21-9-11-22(12-10-21)18(24)14-5-6-14/h1-4,14H,5-13H2,(H,20,23). The normalized spacial score (nSPS) is 18.5. The molecule has 24 heavy (non-hydrogen) atoms. The van der Waals surface area contributed by atoms with E-state index in [1.165, 1.54) is 0 Å². The third kappa shape index (κ3) is 4.71. The fourth-order valence-corrected chi connectivity index (χ4v) is 3.17. The second kappa shape index (κ2) is 7.99. The largest absolute Gasteiger partial charge is 0.352 e. The molecule has 6 heteroatoms. The maximum absolute atomic E-state index is 12.0. The summed E-state index contributed by atoms with van der Waals surface area (Å²) >= 11 is 6.08. The summed E-state index contributed by atoms with van der Waals surface area (Å²) in [5, 5.41) is 3.59. The lowest BCUT2D eigenvalue weighted by atomic mass is 10.2. The highest BCUT2D eigenvalue weighted by atomic mass is 35.5. The van der Waals surface area contributed by atoms with Crippen molar-refractivity contribution in [3.63, 3.8) is 0 Å². The second-order valence-electron chi connectivity index (χ2n) is 6.56. The van der Waals surface area contributed by atoms with E-state index in [2.05, 4.69) is 10.2 Å². The van der Waals surface area contributed by atoms with Crippen molar-refractivity contribution in [1.82, 2.24) is 15.1 Å². The molecule has 2 aliphatic rings. The molecule has 0 unspecified atom stereocenters. The minimum Gasteiger partial charge on any atom is -0.352 e. The van der Waals surface area contributed by atoms with Crippen LogP contribution in [0.5, 0.6) is 0 Å². The predicted molar refractivity (Wildman–Crippen MR) is 93.7 cm³/mol. The van der Waals surface area contributed by atoms with Gasteiger partial charge in [-0.3, -0.25) is 14.5 Å². The van der Waals surface area contributed by atoms with E-state index < -0.39 is 0 Å². The van der Waals surface area contributed by atoms with Crippen LogP contribution in [0.15, 0.2) is 24.3 Å². The molecule has 130 valence electrons. The maximum atomic E-state index is 12.0. The van der Waals surface area contributed by atoms with E-state index in [4.69, 9.17) is 11.6 Å². The monoisotopic (exact) mass is 349 g/mol. The number of amides is 2. The Morgan fingerprint density at radius 3 is 2.50 bits per heavy atom. The quantitative estimate of drug-likeness (QED) is 0.853. The highest BCUT2D eigenvalue weighted by Gasteiger charge is 2.34. The molecule has 0 spiro atoms. The lowest BCUT2D eigenvalue weighted by Gasteiger charge is -2.34. The number of halogens is 1. The molecule has 1 aromatic rings. The SMILES string of the molecule is O=C(CCN1CCN(C(=O)C2CC2)CC1)NCc1ccccc1Cl. The lowest BCUT2D eigenvalue weighted by molar-refractivity contribution is -0.134. The van der Waals surface area contributed by atoms with Crippen LogP contribution in [-0.4, -0.2) is 54.3 Å². The Morgan fingerprint density at radius 2 is 1.83 bits per heavy atom. The van der Waals surface area contributed by atoms with Gasteiger partial charge in [-0.1, -0.05) is 29.8 Å². The van der Waals surface area contributed by atoms with Crippen molar-refractivity contribution in [3.8, 4) is 0 Å². The summed E-state index contributed by atoms with van der Waals surface area (Å²) in [6, 6.07) is 7.53. The number of rotatable bonds is 6. The molecule has 1 heterocycles. The van der Waals surface area contributed by atoms with Gasteiger partial charge in [0, 0.05) is 56.6 Å². The van der Waals surface area contributed by atoms with Crippen molar-refractivity contribution < 1.29 is 9.59 Å². The van der Waals surface area contributed by atoms with Gasteiger partial charge >= 0.3 is 0 Å². The summed E-state index contributed by atoms with van der Waals surface area (Å²) < 4.78 is 0. The molecule has 3 rings (SSSR count). The van der Waals surface area contributed by atoms with Crippen molar-refractivity contribution in [2.24, 2.45) is 5.92 Å². The summed E-state index contributed by atoms with van der Waals surface area (Å²) in [6.07, 6.45) is 2.59. The number of benzene rings is 1. The first-order chi connectivity index (χ1) is 11.6. The fourth-order valence-electron chi connectivity index (χ4n) is 2.96. The van der Waals surface area contributed by atoms with Crippen molar-refractivity contribution in [2.75, 3.05) is 32.7 Å². The first kappa shape index (κ1) is 17.2. The van der Waals surface area contributed by atoms with Crippen LogP contribution in [0.1, 0.15) is 24.8 Å². The van der Waals surface area contributed by atoms with Gasteiger partial charge in [0.15, 0.2) is 0 Å². The molecule has 2 fully saturated rings. The molecule has 5 nitrogen and oxygen atoms in total. The molecule has 1 aromatic carbocycles. The van der Waals surface area contributed by atoms with Gasteiger partial charge in [-0.05, 0) is 24.5 Å². The molecule has 1 N–H and O–H groups in total. The molecule has 1 saturated heterocycles. The van der Waals surface area contributed by atoms with Crippen LogP contribution in [0.25, 0.3) is 0 Å². The van der Waals surface area contributed by atoms with E-state index >= 15 is 0 Å². The minimum absolute atomic E-state index is 0.0337. The second-order valence-corrected chi connectivity index (χ2v) is 6.97. The van der Waals surface area contributed by atoms with Crippen molar-refractivity contribution >= 4 is 23.4 Å². The molecule has 2 amide bonds. The van der Waals surface area contributed by atoms with Gasteiger partial charge in [0.05, 0.1) is 0 Å². The van der Waals surface area contributed by atoms with Gasteiger partial charge in [-0.2, -0.15) is 0 Å². The van der Waals surface area contributed by atoms with Crippen LogP contribution < -0.4 is 5.32 Å². The van der Waals surface area contributed by atoms with Crippen LogP contribution >= 0.6 is 11.6 Å². The summed E-state index contributed by atoms with van der Waals surface area (Å²) in [5.74, 6) is 0.658. The third-order valence-corrected chi connectivity index (χ3v) is 5.07. The molecular weight excluding hydrogens is 326 g/mol. The van der Waals surface area contributed by atoms with Gasteiger partial charge in [0.1, 0.15) is 0 Å². The van der Waals surface area contributed by atoms with E-state index in [1.54, 1.807) is 0 Å². The molecule has 0 atom stereocenters. The minimum atomic E-state index is 0.0337. The Labute approximate surface area is 147 Å². The zero-order valence-electron chi connectivity index (χ0n) is 13.8. The molecule has 1 saturated carbocycles. The van der Waals surface area contributed by atoms with Gasteiger partial charge in [0.25, 0.3) is 0 Å². The van der Waals surface area contributed by atoms with Crippen molar-refractivity contribution in [1.29, 1.82) is 0 Å². The number of nitrogens with zero attached hydrogens (tertiary/aromatic N) is 2. The molecule has 0 radical (unpaired) electrons. The van der Waals surface area contributed by atoms with E-state index in [9.17, 15) is 9.59 Å². The van der Waals surface area contributed by atoms with Gasteiger partial charge < -0.3 is 10.2 Å². The highest BCUT2D eigenvalue weighted by molar-refractivity contribution is 6.31. The predicted octanol–water partition coefficient (Wildman–Crippen LogP) is 1.90. The van der Waals surface area contributed by atoms with Gasteiger partial charge in [-0.15, -0.1) is 0 Å². The average molecular weight is 350 g/mol. The first-order valence-corrected chi connectivity index (χ1v) is 9.02. The Kier molecular flexibility index (Phi) is 5.74. The zero-order valence-corrected chi connectivity index (χ0v) is 14.6. The van der Waals surface area contributed by atoms with Gasteiger partial charge in [-0.25, -0.2) is 0 Å². The Morgan fingerprint density at radius 1 is 1.12 bits per heavy atom. The number of nitrogens with one attached hydrogen (secondary N) is 1. The van der Waals surface area contributed by atoms with Crippen LogP contribution in [0.3, 0.4) is 0 Å². The fraction of sp³-hybridized carbons (Fsp3) is 0.556. The molecule has 1 aliphatic heterocycles. The number of carbonyl (C=O) groups excluding carboxylic acids is 2. The number of carbonyl (C=O) groups is 2. The van der Waals surface area contributed by atoms with E-state index in [1.807, 2.05) is 29.2 Å². The van der Waals surface area contributed by atoms with Crippen LogP contribution in [-0.2, 0) is 16.1 Å². The first-order valence-electron chi connectivity index (χ1n) is 8.65. The van der Waals surface area contributed by atoms with Crippen molar-refractivity contribution in [3.05, 3.63) is 34.9 Å². The summed E-state index contributed by atoms with van der Waals surface area (Å²) in [5.41, 5.74) is 0.930. The number of hydrogen-bond donors (Lipinski definition) is 1. The average Bonchev–Trinajstić information content (AvgIpc) is 3.44. The topological polar surface area (TPSA) is 52.7 Å². The lowest BCUT2D eigenvalue weighted by Crippen LogP contribution is -2.49. The summed E-state index contributed by atoms with van der Waals surface area (Å²) in [6.45, 7) is 4.49.